The number of carbonyl (C=O) groups excluding carboxylic acids is 1. The van der Waals surface area contributed by atoms with Gasteiger partial charge in [0.15, 0.2) is 0 Å². The van der Waals surface area contributed by atoms with Crippen LogP contribution in [0.15, 0.2) is 18.2 Å². The number of nitrogens with zero attached hydrogens (tertiary/aromatic N) is 1. The molecule has 0 spiro atoms. The molecule has 0 bridgehead atoms. The lowest BCUT2D eigenvalue weighted by molar-refractivity contribution is -0.118. The number of amides is 1. The van der Waals surface area contributed by atoms with Gasteiger partial charge in [-0.2, -0.15) is 4.98 Å². The van der Waals surface area contributed by atoms with Crippen LogP contribution in [0.2, 0.25) is 0 Å². The minimum absolute atomic E-state index is 0.244. The Bertz CT molecular complexity index is 391. The number of hydrogen-bond donors (Lipinski definition) is 2. The van der Waals surface area contributed by atoms with Crippen LogP contribution in [0.3, 0.4) is 0 Å². The number of carbonyl (C=O) groups is 1. The van der Waals surface area contributed by atoms with E-state index in [0.29, 0.717) is 18.3 Å². The van der Waals surface area contributed by atoms with Crippen LogP contribution in [0, 0.1) is 0 Å². The first-order chi connectivity index (χ1) is 7.93. The molecule has 1 heterocycles. The van der Waals surface area contributed by atoms with Crippen molar-refractivity contribution < 1.29 is 9.53 Å². The molecule has 5 heteroatoms. The molecule has 1 amide bonds. The van der Waals surface area contributed by atoms with Crippen molar-refractivity contribution in [1.29, 1.82) is 0 Å². The third kappa shape index (κ3) is 4.72. The number of rotatable bonds is 6. The lowest BCUT2D eigenvalue weighted by atomic mass is 10.0. The molecule has 3 N–H and O–H groups in total. The molecule has 0 unspecified atom stereocenters. The predicted molar refractivity (Wildman–Crippen MR) is 66.9 cm³/mol. The van der Waals surface area contributed by atoms with Crippen molar-refractivity contribution in [3.05, 3.63) is 18.2 Å². The summed E-state index contributed by atoms with van der Waals surface area (Å²) in [4.78, 5) is 15.2. The molecule has 0 aromatic carbocycles. The van der Waals surface area contributed by atoms with Crippen LogP contribution in [0.25, 0.3) is 0 Å². The third-order valence-corrected chi connectivity index (χ3v) is 2.10. The lowest BCUT2D eigenvalue weighted by Gasteiger charge is -2.25. The molecule has 0 saturated heterocycles. The lowest BCUT2D eigenvalue weighted by Crippen LogP contribution is -2.36. The molecule has 0 aliphatic carbocycles. The second-order valence-electron chi connectivity index (χ2n) is 4.45. The Balaban J connectivity index is 2.73. The van der Waals surface area contributed by atoms with Crippen molar-refractivity contribution in [3.63, 3.8) is 0 Å². The normalized spacial score (nSPS) is 11.0. The average Bonchev–Trinajstić information content (AvgIpc) is 2.15. The molecular weight excluding hydrogens is 218 g/mol. The minimum atomic E-state index is -0.427. The van der Waals surface area contributed by atoms with Gasteiger partial charge in [-0.1, -0.05) is 6.07 Å². The molecule has 0 radical (unpaired) electrons. The summed E-state index contributed by atoms with van der Waals surface area (Å²) < 4.78 is 5.30. The van der Waals surface area contributed by atoms with Crippen molar-refractivity contribution >= 4 is 11.7 Å². The van der Waals surface area contributed by atoms with Gasteiger partial charge in [0.2, 0.25) is 11.8 Å². The van der Waals surface area contributed by atoms with Crippen LogP contribution >= 0.6 is 0 Å². The number of ether oxygens (including phenoxy) is 1. The van der Waals surface area contributed by atoms with Crippen LogP contribution in [0.5, 0.6) is 5.88 Å². The summed E-state index contributed by atoms with van der Waals surface area (Å²) in [7, 11) is 0. The van der Waals surface area contributed by atoms with Crippen molar-refractivity contribution in [3.8, 4) is 5.88 Å². The van der Waals surface area contributed by atoms with E-state index < -0.39 is 5.54 Å². The van der Waals surface area contributed by atoms with E-state index in [9.17, 15) is 4.79 Å². The molecule has 1 aromatic rings. The summed E-state index contributed by atoms with van der Waals surface area (Å²) in [6.07, 6.45) is 0.244. The Morgan fingerprint density at radius 3 is 2.82 bits per heavy atom. The zero-order valence-electron chi connectivity index (χ0n) is 10.5. The fourth-order valence-electron chi connectivity index (χ4n) is 1.54. The van der Waals surface area contributed by atoms with E-state index in [1.54, 1.807) is 6.07 Å². The van der Waals surface area contributed by atoms with Gasteiger partial charge in [0.05, 0.1) is 6.61 Å². The number of nitrogens with one attached hydrogen (secondary N) is 1. The number of nitrogens with two attached hydrogens (primary N) is 1. The van der Waals surface area contributed by atoms with Gasteiger partial charge in [-0.25, -0.2) is 0 Å². The van der Waals surface area contributed by atoms with Gasteiger partial charge >= 0.3 is 0 Å². The number of primary amides is 1. The Kier molecular flexibility index (Phi) is 4.31. The second-order valence-corrected chi connectivity index (χ2v) is 4.45. The highest BCUT2D eigenvalue weighted by Gasteiger charge is 2.20. The summed E-state index contributed by atoms with van der Waals surface area (Å²) in [6, 6.07) is 5.46. The highest BCUT2D eigenvalue weighted by atomic mass is 16.5. The Morgan fingerprint density at radius 1 is 1.53 bits per heavy atom. The molecule has 0 aliphatic rings. The molecule has 0 saturated carbocycles. The monoisotopic (exact) mass is 237 g/mol. The smallest absolute Gasteiger partial charge is 0.219 e. The first-order valence-electron chi connectivity index (χ1n) is 5.59. The van der Waals surface area contributed by atoms with Gasteiger partial charge in [0.1, 0.15) is 5.82 Å². The molecule has 17 heavy (non-hydrogen) atoms. The number of hydrogen-bond acceptors (Lipinski definition) is 4. The van der Waals surface area contributed by atoms with Gasteiger partial charge in [0.25, 0.3) is 0 Å². The van der Waals surface area contributed by atoms with Gasteiger partial charge < -0.3 is 15.8 Å². The fraction of sp³-hybridized carbons (Fsp3) is 0.500. The van der Waals surface area contributed by atoms with Crippen LogP contribution in [-0.4, -0.2) is 23.0 Å². The first-order valence-corrected chi connectivity index (χ1v) is 5.59. The van der Waals surface area contributed by atoms with Crippen molar-refractivity contribution in [2.24, 2.45) is 5.73 Å². The molecule has 0 fully saturated rings. The Morgan fingerprint density at radius 2 is 2.24 bits per heavy atom. The molecule has 1 rings (SSSR count). The van der Waals surface area contributed by atoms with E-state index in [0.717, 1.165) is 0 Å². The average molecular weight is 237 g/mol. The number of aromatic nitrogens is 1. The van der Waals surface area contributed by atoms with Crippen LogP contribution < -0.4 is 15.8 Å². The van der Waals surface area contributed by atoms with Crippen molar-refractivity contribution in [2.45, 2.75) is 32.7 Å². The molecule has 0 aliphatic heterocycles. The maximum atomic E-state index is 10.9. The first kappa shape index (κ1) is 13.3. The topological polar surface area (TPSA) is 77.2 Å². The Labute approximate surface area is 101 Å². The van der Waals surface area contributed by atoms with E-state index in [2.05, 4.69) is 10.3 Å². The van der Waals surface area contributed by atoms with Gasteiger partial charge in [-0.15, -0.1) is 0 Å². The zero-order chi connectivity index (χ0) is 12.9. The van der Waals surface area contributed by atoms with Crippen molar-refractivity contribution in [2.75, 3.05) is 11.9 Å². The van der Waals surface area contributed by atoms with Crippen LogP contribution in [0.4, 0.5) is 5.82 Å². The summed E-state index contributed by atoms with van der Waals surface area (Å²) in [5, 5.41) is 3.16. The SMILES string of the molecule is CCOc1cccc(NC(C)(C)CC(N)=O)n1. The molecular formula is C12H19N3O2. The van der Waals surface area contributed by atoms with Gasteiger partial charge in [-0.05, 0) is 26.8 Å². The summed E-state index contributed by atoms with van der Waals surface area (Å²) in [6.45, 7) is 6.26. The van der Waals surface area contributed by atoms with Crippen molar-refractivity contribution in [1.82, 2.24) is 4.98 Å². The summed E-state index contributed by atoms with van der Waals surface area (Å²) in [5.74, 6) is 0.887. The second kappa shape index (κ2) is 5.52. The van der Waals surface area contributed by atoms with E-state index in [1.165, 1.54) is 0 Å². The van der Waals surface area contributed by atoms with E-state index in [4.69, 9.17) is 10.5 Å². The largest absolute Gasteiger partial charge is 0.478 e. The van der Waals surface area contributed by atoms with E-state index in [1.807, 2.05) is 32.9 Å². The quantitative estimate of drug-likeness (QED) is 0.787. The molecule has 0 atom stereocenters. The van der Waals surface area contributed by atoms with Gasteiger partial charge in [-0.3, -0.25) is 4.79 Å². The fourth-order valence-corrected chi connectivity index (χ4v) is 1.54. The van der Waals surface area contributed by atoms with Gasteiger partial charge in [0, 0.05) is 18.0 Å². The van der Waals surface area contributed by atoms with E-state index in [-0.39, 0.29) is 12.3 Å². The highest BCUT2D eigenvalue weighted by Crippen LogP contribution is 2.18. The molecule has 5 nitrogen and oxygen atoms in total. The third-order valence-electron chi connectivity index (χ3n) is 2.10. The maximum absolute atomic E-state index is 10.9. The van der Waals surface area contributed by atoms with Crippen LogP contribution in [-0.2, 0) is 4.79 Å². The summed E-state index contributed by atoms with van der Waals surface area (Å²) in [5.41, 5.74) is 4.76. The predicted octanol–water partition coefficient (Wildman–Crippen LogP) is 1.55. The molecule has 1 aromatic heterocycles. The Hall–Kier alpha value is -1.78. The number of pyridine rings is 1. The zero-order valence-corrected chi connectivity index (χ0v) is 10.5. The van der Waals surface area contributed by atoms with Crippen LogP contribution in [0.1, 0.15) is 27.2 Å². The summed E-state index contributed by atoms with van der Waals surface area (Å²) >= 11 is 0. The number of anilines is 1. The highest BCUT2D eigenvalue weighted by molar-refractivity contribution is 5.75. The molecule has 94 valence electrons. The standard InChI is InChI=1S/C12H19N3O2/c1-4-17-11-7-5-6-10(14-11)15-12(2,3)8-9(13)16/h5-7H,4,8H2,1-3H3,(H2,13,16)(H,14,15). The van der Waals surface area contributed by atoms with E-state index >= 15 is 0 Å². The minimum Gasteiger partial charge on any atom is -0.478 e. The maximum Gasteiger partial charge on any atom is 0.219 e.